The van der Waals surface area contributed by atoms with Crippen LogP contribution < -0.4 is 17.2 Å². The summed E-state index contributed by atoms with van der Waals surface area (Å²) in [5.74, 6) is 1.91. The Balaban J connectivity index is -0.000000116. The highest BCUT2D eigenvalue weighted by atomic mass is 35.5. The van der Waals surface area contributed by atoms with Gasteiger partial charge in [-0.1, -0.05) is 20.3 Å². The molecule has 0 amide bonds. The molecule has 8 N–H and O–H groups in total. The molecule has 0 aliphatic rings. The number of nitrogens with one attached hydrogen (secondary N) is 2. The lowest BCUT2D eigenvalue weighted by atomic mass is 10.2. The molecular formula is C19H45Cl2N9O. The van der Waals surface area contributed by atoms with Crippen molar-refractivity contribution in [2.45, 2.75) is 79.6 Å². The number of nitrogens with two attached hydrogens (primary N) is 3. The maximum atomic E-state index is 7.27. The third-order valence-electron chi connectivity index (χ3n) is 3.15. The van der Waals surface area contributed by atoms with E-state index in [2.05, 4.69) is 20.4 Å². The van der Waals surface area contributed by atoms with E-state index < -0.39 is 0 Å². The Morgan fingerprint density at radius 1 is 0.871 bits per heavy atom. The zero-order valence-corrected chi connectivity index (χ0v) is 20.2. The Hall–Kier alpha value is -1.62. The van der Waals surface area contributed by atoms with Gasteiger partial charge >= 0.3 is 0 Å². The molecule has 1 heterocycles. The first-order valence-electron chi connectivity index (χ1n) is 9.81. The van der Waals surface area contributed by atoms with Gasteiger partial charge in [0.1, 0.15) is 0 Å². The van der Waals surface area contributed by atoms with Gasteiger partial charge in [-0.05, 0) is 59.5 Å². The van der Waals surface area contributed by atoms with E-state index in [1.165, 1.54) is 6.92 Å². The van der Waals surface area contributed by atoms with Gasteiger partial charge in [-0.25, -0.2) is 0 Å². The summed E-state index contributed by atoms with van der Waals surface area (Å²) in [6.07, 6.45) is 8.03. The van der Waals surface area contributed by atoms with Crippen LogP contribution in [0.25, 0.3) is 0 Å². The molecule has 1 rings (SSSR count). The first-order chi connectivity index (χ1) is 13.4. The van der Waals surface area contributed by atoms with Crippen molar-refractivity contribution in [3.63, 3.8) is 0 Å². The zero-order chi connectivity index (χ0) is 21.6. The molecular weight excluding hydrogens is 441 g/mol. The van der Waals surface area contributed by atoms with Crippen molar-refractivity contribution in [2.24, 2.45) is 17.2 Å². The van der Waals surface area contributed by atoms with Gasteiger partial charge in [0.2, 0.25) is 0 Å². The second-order valence-corrected chi connectivity index (χ2v) is 6.10. The molecule has 0 atom stereocenters. The summed E-state index contributed by atoms with van der Waals surface area (Å²) in [5, 5.41) is 29.0. The molecule has 10 nitrogen and oxygen atoms in total. The molecule has 0 radical (unpaired) electrons. The normalized spacial score (nSPS) is 8.55. The van der Waals surface area contributed by atoms with Crippen LogP contribution in [0.15, 0.2) is 0 Å². The third kappa shape index (κ3) is 36.1. The molecule has 31 heavy (non-hydrogen) atoms. The molecule has 186 valence electrons. The number of ether oxygens (including phenoxy) is 1. The summed E-state index contributed by atoms with van der Waals surface area (Å²) in [5.41, 5.74) is 15.4. The Morgan fingerprint density at radius 3 is 1.74 bits per heavy atom. The van der Waals surface area contributed by atoms with E-state index in [0.29, 0.717) is 18.3 Å². The third-order valence-corrected chi connectivity index (χ3v) is 3.15. The Kier molecular flexibility index (Phi) is 39.3. The number of rotatable bonds is 11. The molecule has 0 unspecified atom stereocenters. The van der Waals surface area contributed by atoms with Crippen LogP contribution in [0.4, 0.5) is 0 Å². The molecule has 0 spiro atoms. The van der Waals surface area contributed by atoms with Crippen molar-refractivity contribution in [1.29, 1.82) is 10.8 Å². The second kappa shape index (κ2) is 30.6. The van der Waals surface area contributed by atoms with Crippen LogP contribution in [0.5, 0.6) is 0 Å². The molecule has 0 aliphatic heterocycles. The Labute approximate surface area is 200 Å². The van der Waals surface area contributed by atoms with Crippen LogP contribution in [0.2, 0.25) is 0 Å². The molecule has 0 aromatic carbocycles. The quantitative estimate of drug-likeness (QED) is 0.179. The largest absolute Gasteiger partial charge is 0.481 e. The Morgan fingerprint density at radius 2 is 1.32 bits per heavy atom. The lowest BCUT2D eigenvalue weighted by molar-refractivity contribution is 0.312. The lowest BCUT2D eigenvalue weighted by Crippen LogP contribution is -2.03. The number of nitrogens with zero attached hydrogens (tertiary/aromatic N) is 4. The number of unbranched alkanes of at least 4 members (excludes halogenated alkanes) is 4. The van der Waals surface area contributed by atoms with Crippen molar-refractivity contribution < 1.29 is 4.74 Å². The topological polar surface area (TPSA) is 187 Å². The predicted molar refractivity (Wildman–Crippen MR) is 135 cm³/mol. The minimum Gasteiger partial charge on any atom is -0.481 e. The zero-order valence-electron chi connectivity index (χ0n) is 18.5. The van der Waals surface area contributed by atoms with Gasteiger partial charge in [0.15, 0.2) is 17.5 Å². The van der Waals surface area contributed by atoms with Crippen LogP contribution in [0, 0.1) is 17.7 Å². The number of amidine groups is 1. The fourth-order valence-electron chi connectivity index (χ4n) is 1.86. The predicted octanol–water partition coefficient (Wildman–Crippen LogP) is 3.19. The van der Waals surface area contributed by atoms with E-state index in [-0.39, 0.29) is 38.1 Å². The monoisotopic (exact) mass is 485 g/mol. The maximum absolute atomic E-state index is 7.27. The lowest BCUT2D eigenvalue weighted by Gasteiger charge is -2.03. The molecule has 0 saturated carbocycles. The van der Waals surface area contributed by atoms with E-state index in [1.54, 1.807) is 6.92 Å². The van der Waals surface area contributed by atoms with Crippen LogP contribution in [0.3, 0.4) is 0 Å². The van der Waals surface area contributed by atoms with E-state index in [4.69, 9.17) is 32.8 Å². The minimum absolute atomic E-state index is 0. The molecule has 0 aliphatic carbocycles. The molecule has 0 saturated heterocycles. The van der Waals surface area contributed by atoms with Crippen molar-refractivity contribution in [2.75, 3.05) is 19.7 Å². The van der Waals surface area contributed by atoms with Crippen molar-refractivity contribution in [1.82, 2.24) is 20.4 Å². The molecule has 0 bridgehead atoms. The second-order valence-electron chi connectivity index (χ2n) is 6.10. The number of aryl methyl sites for hydroxylation is 2. The number of halogens is 2. The van der Waals surface area contributed by atoms with E-state index in [9.17, 15) is 0 Å². The van der Waals surface area contributed by atoms with Crippen molar-refractivity contribution in [3.05, 3.63) is 11.6 Å². The summed E-state index contributed by atoms with van der Waals surface area (Å²) in [7, 11) is 0. The van der Waals surface area contributed by atoms with E-state index in [0.717, 1.165) is 70.3 Å². The molecule has 1 aromatic heterocycles. The summed E-state index contributed by atoms with van der Waals surface area (Å²) in [4.78, 5) is 0. The molecule has 1 aromatic rings. The van der Waals surface area contributed by atoms with E-state index in [1.807, 2.05) is 6.92 Å². The fourth-order valence-corrected chi connectivity index (χ4v) is 1.86. The number of aromatic nitrogens is 4. The maximum Gasteiger partial charge on any atom is 0.180 e. The minimum atomic E-state index is 0. The first kappa shape index (κ1) is 39.8. The smallest absolute Gasteiger partial charge is 0.180 e. The summed E-state index contributed by atoms with van der Waals surface area (Å²) in [6, 6.07) is 0. The average Bonchev–Trinajstić information content (AvgIpc) is 2.64. The highest BCUT2D eigenvalue weighted by Crippen LogP contribution is 2.00. The van der Waals surface area contributed by atoms with Crippen LogP contribution in [-0.2, 0) is 11.2 Å². The summed E-state index contributed by atoms with van der Waals surface area (Å²) >= 11 is 0. The average molecular weight is 487 g/mol. The van der Waals surface area contributed by atoms with Gasteiger partial charge in [0.25, 0.3) is 0 Å². The van der Waals surface area contributed by atoms with Crippen molar-refractivity contribution in [3.8, 4) is 0 Å². The SMILES string of the molecule is C.CC(=N)N.CCOC(=N)CCCCCN.Cc1nnc(CCCCCN)nn1.Cl.Cl. The van der Waals surface area contributed by atoms with Gasteiger partial charge in [0.05, 0.1) is 12.4 Å². The first-order valence-corrected chi connectivity index (χ1v) is 9.81. The number of hydrogen-bond donors (Lipinski definition) is 5. The molecule has 12 heteroatoms. The van der Waals surface area contributed by atoms with Crippen LogP contribution in [0.1, 0.15) is 77.9 Å². The van der Waals surface area contributed by atoms with Crippen molar-refractivity contribution >= 4 is 36.5 Å². The van der Waals surface area contributed by atoms with Crippen LogP contribution in [-0.4, -0.2) is 51.8 Å². The van der Waals surface area contributed by atoms with Gasteiger partial charge in [-0.2, -0.15) is 0 Å². The van der Waals surface area contributed by atoms with Gasteiger partial charge in [0, 0.05) is 12.8 Å². The standard InChI is InChI=1S/C8H15N5.C8H18N2O.C2H6N2.CH4.2ClH/c1-7-10-12-8(13-11-7)5-3-2-4-6-9;1-2-11-8(10)6-4-3-5-7-9;1-2(3)4;;;/h2-6,9H2,1H3;10H,2-7,9H2,1H3;1H3,(H3,3,4);1H4;2*1H. The van der Waals surface area contributed by atoms with Gasteiger partial charge in [-0.3, -0.25) is 10.8 Å². The number of hydrogen-bond acceptors (Lipinski definition) is 9. The highest BCUT2D eigenvalue weighted by molar-refractivity contribution is 5.85. The highest BCUT2D eigenvalue weighted by Gasteiger charge is 1.97. The van der Waals surface area contributed by atoms with Gasteiger partial charge in [-0.15, -0.1) is 45.2 Å². The Bertz CT molecular complexity index is 502. The van der Waals surface area contributed by atoms with Crippen LogP contribution >= 0.6 is 24.8 Å². The summed E-state index contributed by atoms with van der Waals surface area (Å²) in [6.45, 7) is 7.32. The molecule has 0 fully saturated rings. The van der Waals surface area contributed by atoms with Gasteiger partial charge < -0.3 is 21.9 Å². The van der Waals surface area contributed by atoms with E-state index >= 15 is 0 Å². The fraction of sp³-hybridized carbons (Fsp3) is 0.789. The summed E-state index contributed by atoms with van der Waals surface area (Å²) < 4.78 is 4.97.